The van der Waals surface area contributed by atoms with Crippen molar-refractivity contribution < 1.29 is 18.3 Å². The van der Waals surface area contributed by atoms with Gasteiger partial charge in [-0.05, 0) is 12.0 Å². The molecule has 132 valence electrons. The van der Waals surface area contributed by atoms with E-state index in [2.05, 4.69) is 20.4 Å². The summed E-state index contributed by atoms with van der Waals surface area (Å²) in [5.41, 5.74) is -0.0436. The van der Waals surface area contributed by atoms with Crippen molar-refractivity contribution in [2.45, 2.75) is 18.5 Å². The van der Waals surface area contributed by atoms with Crippen LogP contribution in [0.5, 0.6) is 0 Å². The fourth-order valence-electron chi connectivity index (χ4n) is 2.58. The summed E-state index contributed by atoms with van der Waals surface area (Å²) in [7, 11) is 0. The molecule has 1 atom stereocenters. The molecule has 0 saturated carbocycles. The van der Waals surface area contributed by atoms with Crippen molar-refractivity contribution >= 4 is 11.6 Å². The first-order valence-electron chi connectivity index (χ1n) is 7.66. The van der Waals surface area contributed by atoms with Crippen molar-refractivity contribution in [2.24, 2.45) is 0 Å². The SMILES string of the molecule is OCCC(CNc1cc(C(F)(F)F)nc2ncnn12)c1ccccc1. The lowest BCUT2D eigenvalue weighted by Crippen LogP contribution is -2.18. The number of hydrogen-bond donors (Lipinski definition) is 2. The van der Waals surface area contributed by atoms with E-state index in [9.17, 15) is 18.3 Å². The second-order valence-corrected chi connectivity index (χ2v) is 5.50. The molecular formula is C16H16F3N5O. The van der Waals surface area contributed by atoms with Gasteiger partial charge in [0, 0.05) is 25.1 Å². The molecule has 3 aromatic rings. The summed E-state index contributed by atoms with van der Waals surface area (Å²) in [5.74, 6) is -0.0447. The lowest BCUT2D eigenvalue weighted by molar-refractivity contribution is -0.141. The zero-order chi connectivity index (χ0) is 17.9. The Balaban J connectivity index is 1.87. The van der Waals surface area contributed by atoms with E-state index in [-0.39, 0.29) is 24.1 Å². The summed E-state index contributed by atoms with van der Waals surface area (Å²) in [6.45, 7) is 0.310. The van der Waals surface area contributed by atoms with Gasteiger partial charge in [-0.15, -0.1) is 0 Å². The Morgan fingerprint density at radius 3 is 2.64 bits per heavy atom. The first-order chi connectivity index (χ1) is 12.0. The molecule has 2 heterocycles. The van der Waals surface area contributed by atoms with Crippen molar-refractivity contribution in [3.05, 3.63) is 54.0 Å². The van der Waals surface area contributed by atoms with E-state index in [1.54, 1.807) is 0 Å². The fraction of sp³-hybridized carbons (Fsp3) is 0.312. The summed E-state index contributed by atoms with van der Waals surface area (Å²) in [6.07, 6.45) is -2.95. The predicted octanol–water partition coefficient (Wildman–Crippen LogP) is 2.72. The van der Waals surface area contributed by atoms with E-state index in [1.165, 1.54) is 4.52 Å². The highest BCUT2D eigenvalue weighted by atomic mass is 19.4. The number of benzene rings is 1. The Labute approximate surface area is 141 Å². The average molecular weight is 351 g/mol. The number of halogens is 3. The quantitative estimate of drug-likeness (QED) is 0.714. The van der Waals surface area contributed by atoms with Gasteiger partial charge in [-0.3, -0.25) is 0 Å². The highest BCUT2D eigenvalue weighted by Gasteiger charge is 2.34. The largest absolute Gasteiger partial charge is 0.433 e. The lowest BCUT2D eigenvalue weighted by Gasteiger charge is -2.18. The van der Waals surface area contributed by atoms with Crippen molar-refractivity contribution in [3.63, 3.8) is 0 Å². The lowest BCUT2D eigenvalue weighted by atomic mass is 9.96. The Morgan fingerprint density at radius 1 is 1.20 bits per heavy atom. The number of nitrogens with zero attached hydrogens (tertiary/aromatic N) is 4. The van der Waals surface area contributed by atoms with Crippen molar-refractivity contribution in [2.75, 3.05) is 18.5 Å². The monoisotopic (exact) mass is 351 g/mol. The van der Waals surface area contributed by atoms with Gasteiger partial charge in [-0.25, -0.2) is 4.98 Å². The molecule has 0 aliphatic carbocycles. The molecule has 0 aliphatic rings. The Kier molecular flexibility index (Phi) is 4.84. The molecular weight excluding hydrogens is 335 g/mol. The number of nitrogens with one attached hydrogen (secondary N) is 1. The standard InChI is InChI=1S/C16H16F3N5O/c17-16(18,19)13-8-14(24-15(23-13)21-10-22-24)20-9-12(6-7-25)11-4-2-1-3-5-11/h1-5,8,10,12,20,25H,6-7,9H2. The van der Waals surface area contributed by atoms with Crippen molar-refractivity contribution in [3.8, 4) is 0 Å². The molecule has 1 aromatic carbocycles. The van der Waals surface area contributed by atoms with Crippen LogP contribution < -0.4 is 5.32 Å². The number of aromatic nitrogens is 4. The van der Waals surface area contributed by atoms with E-state index in [0.717, 1.165) is 18.0 Å². The van der Waals surface area contributed by atoms with E-state index in [4.69, 9.17) is 0 Å². The summed E-state index contributed by atoms with van der Waals surface area (Å²) in [5, 5.41) is 16.2. The van der Waals surface area contributed by atoms with Crippen molar-refractivity contribution in [1.82, 2.24) is 19.6 Å². The molecule has 9 heteroatoms. The summed E-state index contributed by atoms with van der Waals surface area (Å²) in [4.78, 5) is 7.21. The Bertz CT molecular complexity index is 835. The third kappa shape index (κ3) is 3.87. The fourth-order valence-corrected chi connectivity index (χ4v) is 2.58. The number of fused-ring (bicyclic) bond motifs is 1. The van der Waals surface area contributed by atoms with Crippen LogP contribution in [0.2, 0.25) is 0 Å². The van der Waals surface area contributed by atoms with Crippen LogP contribution in [0.25, 0.3) is 5.78 Å². The molecule has 1 unspecified atom stereocenters. The molecule has 3 rings (SSSR count). The molecule has 0 saturated heterocycles. The number of aliphatic hydroxyl groups is 1. The van der Waals surface area contributed by atoms with E-state index < -0.39 is 11.9 Å². The maximum Gasteiger partial charge on any atom is 0.433 e. The number of anilines is 1. The third-order valence-electron chi connectivity index (χ3n) is 3.82. The van der Waals surface area contributed by atoms with E-state index in [1.807, 2.05) is 30.3 Å². The second-order valence-electron chi connectivity index (χ2n) is 5.50. The van der Waals surface area contributed by atoms with Gasteiger partial charge in [-0.2, -0.15) is 27.8 Å². The first-order valence-corrected chi connectivity index (χ1v) is 7.66. The zero-order valence-electron chi connectivity index (χ0n) is 13.1. The molecule has 25 heavy (non-hydrogen) atoms. The van der Waals surface area contributed by atoms with E-state index >= 15 is 0 Å². The van der Waals surface area contributed by atoms with Gasteiger partial charge < -0.3 is 10.4 Å². The van der Waals surface area contributed by atoms with Gasteiger partial charge in [0.15, 0.2) is 5.69 Å². The predicted molar refractivity (Wildman–Crippen MR) is 85.2 cm³/mol. The Hall–Kier alpha value is -2.68. The summed E-state index contributed by atoms with van der Waals surface area (Å²) < 4.78 is 40.2. The molecule has 2 N–H and O–H groups in total. The topological polar surface area (TPSA) is 75.3 Å². The molecule has 0 radical (unpaired) electrons. The molecule has 0 aliphatic heterocycles. The summed E-state index contributed by atoms with van der Waals surface area (Å²) >= 11 is 0. The van der Waals surface area contributed by atoms with Crippen LogP contribution in [-0.2, 0) is 6.18 Å². The van der Waals surface area contributed by atoms with Gasteiger partial charge in [0.05, 0.1) is 0 Å². The average Bonchev–Trinajstić information content (AvgIpc) is 3.07. The van der Waals surface area contributed by atoms with Crippen LogP contribution in [0.1, 0.15) is 23.6 Å². The first kappa shape index (κ1) is 17.2. The second kappa shape index (κ2) is 7.06. The van der Waals surface area contributed by atoms with Gasteiger partial charge >= 0.3 is 6.18 Å². The normalized spacial score (nSPS) is 13.1. The smallest absolute Gasteiger partial charge is 0.396 e. The minimum Gasteiger partial charge on any atom is -0.396 e. The van der Waals surface area contributed by atoms with Gasteiger partial charge in [0.1, 0.15) is 12.1 Å². The summed E-state index contributed by atoms with van der Waals surface area (Å²) in [6, 6.07) is 10.4. The van der Waals surface area contributed by atoms with Crippen LogP contribution in [0, 0.1) is 0 Å². The van der Waals surface area contributed by atoms with Crippen LogP contribution in [-0.4, -0.2) is 37.8 Å². The molecule has 0 spiro atoms. The third-order valence-corrected chi connectivity index (χ3v) is 3.82. The number of alkyl halides is 3. The molecule has 0 bridgehead atoms. The van der Waals surface area contributed by atoms with Gasteiger partial charge in [-0.1, -0.05) is 30.3 Å². The minimum atomic E-state index is -4.58. The minimum absolute atomic E-state index is 0.0237. The molecule has 0 fully saturated rings. The maximum absolute atomic E-state index is 13.0. The number of aliphatic hydroxyl groups excluding tert-OH is 1. The highest BCUT2D eigenvalue weighted by molar-refractivity contribution is 5.46. The highest BCUT2D eigenvalue weighted by Crippen LogP contribution is 2.30. The molecule has 0 amide bonds. The zero-order valence-corrected chi connectivity index (χ0v) is 13.1. The van der Waals surface area contributed by atoms with Crippen LogP contribution in [0.15, 0.2) is 42.7 Å². The van der Waals surface area contributed by atoms with Crippen molar-refractivity contribution in [1.29, 1.82) is 0 Å². The number of rotatable bonds is 6. The van der Waals surface area contributed by atoms with Crippen LogP contribution in [0.3, 0.4) is 0 Å². The Morgan fingerprint density at radius 2 is 1.96 bits per heavy atom. The molecule has 6 nitrogen and oxygen atoms in total. The maximum atomic E-state index is 13.0. The molecule has 2 aromatic heterocycles. The van der Waals surface area contributed by atoms with Gasteiger partial charge in [0.25, 0.3) is 5.78 Å². The van der Waals surface area contributed by atoms with Crippen LogP contribution in [0.4, 0.5) is 19.0 Å². The van der Waals surface area contributed by atoms with Gasteiger partial charge in [0.2, 0.25) is 0 Å². The van der Waals surface area contributed by atoms with Crippen LogP contribution >= 0.6 is 0 Å². The van der Waals surface area contributed by atoms with E-state index in [0.29, 0.717) is 13.0 Å². The number of hydrogen-bond acceptors (Lipinski definition) is 5.